The number of nitrogens with one attached hydrogen (secondary N) is 1. The number of Topliss-reactive ketones (excluding diaryl/α,β-unsaturated/α-hetero) is 1. The van der Waals surface area contributed by atoms with Crippen LogP contribution in [0.1, 0.15) is 17.3 Å². The number of carbonyl (C=O) groups is 1. The largest absolute Gasteiger partial charge is 0.350 e. The Bertz CT molecular complexity index is 756. The van der Waals surface area contributed by atoms with Crippen molar-refractivity contribution in [2.45, 2.75) is 6.92 Å². The monoisotopic (exact) mass is 301 g/mol. The van der Waals surface area contributed by atoms with Crippen molar-refractivity contribution in [2.75, 3.05) is 5.32 Å². The van der Waals surface area contributed by atoms with Gasteiger partial charge in [-0.25, -0.2) is 0 Å². The summed E-state index contributed by atoms with van der Waals surface area (Å²) in [5.41, 5.74) is 0.422. The van der Waals surface area contributed by atoms with Gasteiger partial charge in [0.2, 0.25) is 0 Å². The molecule has 2 aromatic carbocycles. The van der Waals surface area contributed by atoms with Gasteiger partial charge in [0.15, 0.2) is 5.78 Å². The summed E-state index contributed by atoms with van der Waals surface area (Å²) in [6.45, 7) is 1.43. The van der Waals surface area contributed by atoms with Crippen molar-refractivity contribution >= 4 is 28.5 Å². The maximum atomic E-state index is 11.2. The van der Waals surface area contributed by atoms with Crippen molar-refractivity contribution in [3.8, 4) is 0 Å². The molecule has 0 aliphatic heterocycles. The molecular weight excluding hydrogens is 290 g/mol. The van der Waals surface area contributed by atoms with Gasteiger partial charge in [0.25, 0.3) is 11.4 Å². The van der Waals surface area contributed by atoms with Crippen molar-refractivity contribution in [3.63, 3.8) is 0 Å². The van der Waals surface area contributed by atoms with E-state index < -0.39 is 15.5 Å². The number of nitrogens with zero attached hydrogens (tertiary/aromatic N) is 2. The number of carbonyl (C=O) groups excluding carboxylic acids is 1. The first-order valence-electron chi connectivity index (χ1n) is 6.19. The fourth-order valence-electron chi connectivity index (χ4n) is 1.83. The number of non-ortho nitro benzene ring substituents is 1. The molecule has 22 heavy (non-hydrogen) atoms. The summed E-state index contributed by atoms with van der Waals surface area (Å²) in [7, 11) is 0. The molecule has 0 amide bonds. The average molecular weight is 301 g/mol. The minimum absolute atomic E-state index is 0.0899. The second-order valence-electron chi connectivity index (χ2n) is 4.47. The first-order chi connectivity index (χ1) is 10.4. The lowest BCUT2D eigenvalue weighted by Crippen LogP contribution is -1.99. The van der Waals surface area contributed by atoms with Gasteiger partial charge >= 0.3 is 0 Å². The number of benzene rings is 2. The van der Waals surface area contributed by atoms with Gasteiger partial charge in [0.1, 0.15) is 5.69 Å². The van der Waals surface area contributed by atoms with E-state index in [1.807, 2.05) is 0 Å². The number of anilines is 2. The quantitative estimate of drug-likeness (QED) is 0.513. The van der Waals surface area contributed by atoms with E-state index in [4.69, 9.17) is 0 Å². The number of rotatable bonds is 5. The summed E-state index contributed by atoms with van der Waals surface area (Å²) in [5.74, 6) is -0.0899. The maximum Gasteiger partial charge on any atom is 0.299 e. The number of hydrogen-bond acceptors (Lipinski definition) is 6. The molecular formula is C14H11N3O5. The molecule has 8 heteroatoms. The van der Waals surface area contributed by atoms with E-state index in [2.05, 4.69) is 5.32 Å². The highest BCUT2D eigenvalue weighted by Crippen LogP contribution is 2.31. The van der Waals surface area contributed by atoms with Crippen molar-refractivity contribution in [2.24, 2.45) is 0 Å². The predicted octanol–water partition coefficient (Wildman–Crippen LogP) is 3.45. The van der Waals surface area contributed by atoms with E-state index in [0.717, 1.165) is 6.07 Å². The van der Waals surface area contributed by atoms with Gasteiger partial charge in [-0.15, -0.1) is 0 Å². The zero-order valence-electron chi connectivity index (χ0n) is 11.5. The Morgan fingerprint density at radius 2 is 1.64 bits per heavy atom. The van der Waals surface area contributed by atoms with Crippen molar-refractivity contribution in [3.05, 3.63) is 68.3 Å². The van der Waals surface area contributed by atoms with Gasteiger partial charge in [-0.2, -0.15) is 0 Å². The second-order valence-corrected chi connectivity index (χ2v) is 4.47. The number of ketones is 1. The van der Waals surface area contributed by atoms with E-state index in [-0.39, 0.29) is 17.2 Å². The number of nitro groups is 2. The topological polar surface area (TPSA) is 115 Å². The molecule has 0 unspecified atom stereocenters. The van der Waals surface area contributed by atoms with Gasteiger partial charge in [-0.3, -0.25) is 25.0 Å². The summed E-state index contributed by atoms with van der Waals surface area (Å²) in [6.07, 6.45) is 0. The molecule has 0 bridgehead atoms. The van der Waals surface area contributed by atoms with Crippen LogP contribution in [0, 0.1) is 20.2 Å². The summed E-state index contributed by atoms with van der Waals surface area (Å²) < 4.78 is 0. The van der Waals surface area contributed by atoms with Gasteiger partial charge in [0.05, 0.1) is 15.9 Å². The van der Waals surface area contributed by atoms with Gasteiger partial charge in [-0.1, -0.05) is 0 Å². The SMILES string of the molecule is CC(=O)c1ccc(Nc2ccc([N+](=O)[O-])cc2[N+](=O)[O-])cc1. The first-order valence-corrected chi connectivity index (χ1v) is 6.19. The molecule has 0 aliphatic rings. The lowest BCUT2D eigenvalue weighted by Gasteiger charge is -2.07. The Hall–Kier alpha value is -3.29. The zero-order valence-corrected chi connectivity index (χ0v) is 11.5. The predicted molar refractivity (Wildman–Crippen MR) is 79.5 cm³/mol. The molecule has 0 fully saturated rings. The Morgan fingerprint density at radius 3 is 2.14 bits per heavy atom. The first kappa shape index (κ1) is 15.1. The molecule has 0 atom stereocenters. The van der Waals surface area contributed by atoms with Crippen LogP contribution in [0.2, 0.25) is 0 Å². The smallest absolute Gasteiger partial charge is 0.299 e. The molecule has 0 spiro atoms. The number of hydrogen-bond donors (Lipinski definition) is 1. The van der Waals surface area contributed by atoms with Crippen molar-refractivity contribution < 1.29 is 14.6 Å². The molecule has 1 N–H and O–H groups in total. The molecule has 0 heterocycles. The summed E-state index contributed by atoms with van der Waals surface area (Å²) in [5, 5.41) is 24.5. The van der Waals surface area contributed by atoms with Crippen molar-refractivity contribution in [1.29, 1.82) is 0 Å². The molecule has 8 nitrogen and oxygen atoms in total. The molecule has 0 saturated heterocycles. The summed E-state index contributed by atoms with van der Waals surface area (Å²) in [6, 6.07) is 9.72. The zero-order chi connectivity index (χ0) is 16.3. The van der Waals surface area contributed by atoms with Crippen molar-refractivity contribution in [1.82, 2.24) is 0 Å². The van der Waals surface area contributed by atoms with Crippen LogP contribution in [0.15, 0.2) is 42.5 Å². The molecule has 0 aromatic heterocycles. The highest BCUT2D eigenvalue weighted by Gasteiger charge is 2.19. The third-order valence-electron chi connectivity index (χ3n) is 2.96. The van der Waals surface area contributed by atoms with Crippen LogP contribution in [0.25, 0.3) is 0 Å². The van der Waals surface area contributed by atoms with Gasteiger partial charge in [-0.05, 0) is 37.3 Å². The van der Waals surface area contributed by atoms with Crippen LogP contribution in [0.4, 0.5) is 22.7 Å². The Morgan fingerprint density at radius 1 is 1.00 bits per heavy atom. The van der Waals surface area contributed by atoms with Gasteiger partial charge in [0, 0.05) is 17.3 Å². The number of nitro benzene ring substituents is 2. The Balaban J connectivity index is 2.34. The minimum atomic E-state index is -0.696. The molecule has 2 aromatic rings. The highest BCUT2D eigenvalue weighted by molar-refractivity contribution is 5.94. The highest BCUT2D eigenvalue weighted by atomic mass is 16.6. The minimum Gasteiger partial charge on any atom is -0.350 e. The Kier molecular flexibility index (Phi) is 4.12. The summed E-state index contributed by atoms with van der Waals surface area (Å²) in [4.78, 5) is 31.5. The normalized spacial score (nSPS) is 10.0. The molecule has 0 radical (unpaired) electrons. The van der Waals surface area contributed by atoms with E-state index >= 15 is 0 Å². The van der Waals surface area contributed by atoms with E-state index in [0.29, 0.717) is 11.3 Å². The van der Waals surface area contributed by atoms with Crippen LogP contribution in [0.5, 0.6) is 0 Å². The fraction of sp³-hybridized carbons (Fsp3) is 0.0714. The molecule has 112 valence electrons. The maximum absolute atomic E-state index is 11.2. The van der Waals surface area contributed by atoms with E-state index in [9.17, 15) is 25.0 Å². The third-order valence-corrected chi connectivity index (χ3v) is 2.96. The van der Waals surface area contributed by atoms with Crippen LogP contribution < -0.4 is 5.32 Å². The van der Waals surface area contributed by atoms with Crippen LogP contribution in [-0.4, -0.2) is 15.6 Å². The molecule has 0 aliphatic carbocycles. The van der Waals surface area contributed by atoms with Gasteiger partial charge < -0.3 is 5.32 Å². The lowest BCUT2D eigenvalue weighted by atomic mass is 10.1. The van der Waals surface area contributed by atoms with Crippen LogP contribution in [0.3, 0.4) is 0 Å². The second kappa shape index (κ2) is 6.00. The van der Waals surface area contributed by atoms with E-state index in [1.54, 1.807) is 24.3 Å². The molecule has 0 saturated carbocycles. The van der Waals surface area contributed by atoms with Crippen LogP contribution >= 0.6 is 0 Å². The van der Waals surface area contributed by atoms with Crippen LogP contribution in [-0.2, 0) is 0 Å². The molecule has 2 rings (SSSR count). The average Bonchev–Trinajstić information content (AvgIpc) is 2.47. The third kappa shape index (κ3) is 3.23. The fourth-order valence-corrected chi connectivity index (χ4v) is 1.83. The summed E-state index contributed by atoms with van der Waals surface area (Å²) >= 11 is 0. The van der Waals surface area contributed by atoms with E-state index in [1.165, 1.54) is 19.1 Å². The standard InChI is InChI=1S/C14H11N3O5/c1-9(18)10-2-4-11(5-3-10)15-13-7-6-12(16(19)20)8-14(13)17(21)22/h2-8,15H,1H3. The lowest BCUT2D eigenvalue weighted by molar-refractivity contribution is -0.393. The Labute approximate surface area is 124 Å².